The highest BCUT2D eigenvalue weighted by atomic mass is 19.1. The molecule has 122 valence electrons. The van der Waals surface area contributed by atoms with Gasteiger partial charge in [-0.3, -0.25) is 4.79 Å². The molecule has 1 aromatic carbocycles. The van der Waals surface area contributed by atoms with Gasteiger partial charge in [0.05, 0.1) is 6.61 Å². The van der Waals surface area contributed by atoms with E-state index in [-0.39, 0.29) is 18.3 Å². The minimum Gasteiger partial charge on any atom is -0.488 e. The average Bonchev–Trinajstić information content (AvgIpc) is 3.01. The molecule has 1 aliphatic heterocycles. The van der Waals surface area contributed by atoms with E-state index in [0.717, 1.165) is 25.9 Å². The molecule has 1 atom stereocenters. The Bertz CT molecular complexity index is 490. The Labute approximate surface area is 130 Å². The van der Waals surface area contributed by atoms with Gasteiger partial charge in [0.1, 0.15) is 6.61 Å². The predicted octanol–water partition coefficient (Wildman–Crippen LogP) is 2.18. The van der Waals surface area contributed by atoms with Crippen molar-refractivity contribution in [3.8, 4) is 5.75 Å². The fraction of sp³-hybridized carbons (Fsp3) is 0.562. The van der Waals surface area contributed by atoms with Gasteiger partial charge in [0.25, 0.3) is 0 Å². The highest BCUT2D eigenvalue weighted by Gasteiger charge is 2.16. The summed E-state index contributed by atoms with van der Waals surface area (Å²) in [6.45, 7) is 2.69. The van der Waals surface area contributed by atoms with Crippen molar-refractivity contribution in [3.05, 3.63) is 24.0 Å². The van der Waals surface area contributed by atoms with Crippen LogP contribution in [-0.4, -0.2) is 39.3 Å². The van der Waals surface area contributed by atoms with Crippen LogP contribution in [0.15, 0.2) is 18.2 Å². The number of nitrogens with one attached hydrogen (secondary N) is 2. The lowest BCUT2D eigenvalue weighted by atomic mass is 10.0. The van der Waals surface area contributed by atoms with Crippen molar-refractivity contribution >= 4 is 11.6 Å². The van der Waals surface area contributed by atoms with E-state index in [1.54, 1.807) is 13.2 Å². The van der Waals surface area contributed by atoms with Crippen molar-refractivity contribution < 1.29 is 18.7 Å². The molecule has 0 aliphatic carbocycles. The molecular weight excluding hydrogens is 287 g/mol. The van der Waals surface area contributed by atoms with Gasteiger partial charge in [0.2, 0.25) is 5.91 Å². The number of amides is 1. The Balaban J connectivity index is 1.79. The number of benzene rings is 1. The smallest absolute Gasteiger partial charge is 0.224 e. The molecule has 2 N–H and O–H groups in total. The third-order valence-electron chi connectivity index (χ3n) is 3.70. The summed E-state index contributed by atoms with van der Waals surface area (Å²) in [6.07, 6.45) is 2.44. The van der Waals surface area contributed by atoms with Crippen LogP contribution in [0.25, 0.3) is 0 Å². The summed E-state index contributed by atoms with van der Waals surface area (Å²) in [5, 5.41) is 6.00. The van der Waals surface area contributed by atoms with Gasteiger partial charge in [-0.05, 0) is 44.0 Å². The molecule has 1 saturated heterocycles. The van der Waals surface area contributed by atoms with Crippen molar-refractivity contribution in [1.29, 1.82) is 0 Å². The molecule has 0 saturated carbocycles. The summed E-state index contributed by atoms with van der Waals surface area (Å²) in [5.74, 6) is 0.152. The van der Waals surface area contributed by atoms with Crippen molar-refractivity contribution in [3.63, 3.8) is 0 Å². The van der Waals surface area contributed by atoms with E-state index in [9.17, 15) is 9.18 Å². The van der Waals surface area contributed by atoms with E-state index < -0.39 is 5.82 Å². The third kappa shape index (κ3) is 5.27. The SMILES string of the molecule is COCCOc1ccc(NC(=O)CCC2CCNC2)cc1F. The molecule has 6 heteroatoms. The summed E-state index contributed by atoms with van der Waals surface area (Å²) < 4.78 is 23.9. The monoisotopic (exact) mass is 310 g/mol. The predicted molar refractivity (Wildman–Crippen MR) is 82.6 cm³/mol. The second kappa shape index (κ2) is 8.70. The number of carbonyl (C=O) groups is 1. The van der Waals surface area contributed by atoms with Crippen molar-refractivity contribution in [2.45, 2.75) is 19.3 Å². The Morgan fingerprint density at radius 3 is 3.00 bits per heavy atom. The van der Waals surface area contributed by atoms with Gasteiger partial charge in [-0.25, -0.2) is 4.39 Å². The topological polar surface area (TPSA) is 59.6 Å². The average molecular weight is 310 g/mol. The van der Waals surface area contributed by atoms with E-state index in [4.69, 9.17) is 9.47 Å². The maximum Gasteiger partial charge on any atom is 0.224 e. The Hall–Kier alpha value is -1.66. The minimum atomic E-state index is -0.492. The quantitative estimate of drug-likeness (QED) is 0.723. The van der Waals surface area contributed by atoms with Crippen molar-refractivity contribution in [2.75, 3.05) is 38.7 Å². The molecule has 0 bridgehead atoms. The number of hydrogen-bond donors (Lipinski definition) is 2. The largest absolute Gasteiger partial charge is 0.488 e. The van der Waals surface area contributed by atoms with Crippen molar-refractivity contribution in [1.82, 2.24) is 5.32 Å². The highest BCUT2D eigenvalue weighted by Crippen LogP contribution is 2.22. The number of anilines is 1. The van der Waals surface area contributed by atoms with Gasteiger partial charge in [-0.1, -0.05) is 0 Å². The molecule has 0 radical (unpaired) electrons. The standard InChI is InChI=1S/C16H23FN2O3/c1-21-8-9-22-15-4-3-13(10-14(15)17)19-16(20)5-2-12-6-7-18-11-12/h3-4,10,12,18H,2,5-9,11H2,1H3,(H,19,20). The number of hydrogen-bond acceptors (Lipinski definition) is 4. The maximum absolute atomic E-state index is 13.8. The van der Waals surface area contributed by atoms with Crippen LogP contribution >= 0.6 is 0 Å². The highest BCUT2D eigenvalue weighted by molar-refractivity contribution is 5.90. The first kappa shape index (κ1) is 16.7. The lowest BCUT2D eigenvalue weighted by Gasteiger charge is -2.10. The van der Waals surface area contributed by atoms with Crippen LogP contribution in [0.3, 0.4) is 0 Å². The molecule has 1 unspecified atom stereocenters. The maximum atomic E-state index is 13.8. The summed E-state index contributed by atoms with van der Waals surface area (Å²) in [6, 6.07) is 4.43. The van der Waals surface area contributed by atoms with E-state index in [1.807, 2.05) is 0 Å². The molecule has 1 amide bonds. The number of halogens is 1. The molecular formula is C16H23FN2O3. The second-order valence-electron chi connectivity index (χ2n) is 5.43. The van der Waals surface area contributed by atoms with Gasteiger partial charge < -0.3 is 20.1 Å². The first-order valence-corrected chi connectivity index (χ1v) is 7.61. The van der Waals surface area contributed by atoms with Crippen LogP contribution < -0.4 is 15.4 Å². The number of carbonyl (C=O) groups excluding carboxylic acids is 1. The summed E-state index contributed by atoms with van der Waals surface area (Å²) in [4.78, 5) is 11.9. The molecule has 22 heavy (non-hydrogen) atoms. The van der Waals surface area contributed by atoms with Crippen LogP contribution in [-0.2, 0) is 9.53 Å². The van der Waals surface area contributed by atoms with Gasteiger partial charge in [0, 0.05) is 25.3 Å². The summed E-state index contributed by atoms with van der Waals surface area (Å²) in [5.41, 5.74) is 0.450. The second-order valence-corrected chi connectivity index (χ2v) is 5.43. The molecule has 5 nitrogen and oxygen atoms in total. The Morgan fingerprint density at radius 2 is 2.32 bits per heavy atom. The molecule has 1 fully saturated rings. The zero-order valence-electron chi connectivity index (χ0n) is 12.9. The zero-order valence-corrected chi connectivity index (χ0v) is 12.9. The van der Waals surface area contributed by atoms with Crippen molar-refractivity contribution in [2.24, 2.45) is 5.92 Å². The number of ether oxygens (including phenoxy) is 2. The molecule has 1 aliphatic rings. The first-order chi connectivity index (χ1) is 10.7. The van der Waals surface area contributed by atoms with E-state index in [1.165, 1.54) is 12.1 Å². The fourth-order valence-corrected chi connectivity index (χ4v) is 2.45. The molecule has 1 heterocycles. The molecule has 0 aromatic heterocycles. The van der Waals surface area contributed by atoms with E-state index in [0.29, 0.717) is 24.6 Å². The number of rotatable bonds is 8. The lowest BCUT2D eigenvalue weighted by Crippen LogP contribution is -2.15. The normalized spacial score (nSPS) is 17.5. The van der Waals surface area contributed by atoms with Gasteiger partial charge >= 0.3 is 0 Å². The van der Waals surface area contributed by atoms with Crippen LogP contribution in [0.2, 0.25) is 0 Å². The molecule has 1 aromatic rings. The fourth-order valence-electron chi connectivity index (χ4n) is 2.45. The Morgan fingerprint density at radius 1 is 1.45 bits per heavy atom. The van der Waals surface area contributed by atoms with E-state index in [2.05, 4.69) is 10.6 Å². The zero-order chi connectivity index (χ0) is 15.8. The van der Waals surface area contributed by atoms with Gasteiger partial charge in [-0.15, -0.1) is 0 Å². The van der Waals surface area contributed by atoms with Crippen LogP contribution in [0.5, 0.6) is 5.75 Å². The molecule has 2 rings (SSSR count). The third-order valence-corrected chi connectivity index (χ3v) is 3.70. The van der Waals surface area contributed by atoms with Crippen LogP contribution in [0, 0.1) is 11.7 Å². The Kier molecular flexibility index (Phi) is 6.61. The molecule has 0 spiro atoms. The summed E-state index contributed by atoms with van der Waals surface area (Å²) in [7, 11) is 1.56. The van der Waals surface area contributed by atoms with E-state index >= 15 is 0 Å². The van der Waals surface area contributed by atoms with Gasteiger partial charge in [-0.2, -0.15) is 0 Å². The summed E-state index contributed by atoms with van der Waals surface area (Å²) >= 11 is 0. The number of methoxy groups -OCH3 is 1. The van der Waals surface area contributed by atoms with Crippen LogP contribution in [0.1, 0.15) is 19.3 Å². The first-order valence-electron chi connectivity index (χ1n) is 7.61. The van der Waals surface area contributed by atoms with Gasteiger partial charge in [0.15, 0.2) is 11.6 Å². The van der Waals surface area contributed by atoms with Crippen LogP contribution in [0.4, 0.5) is 10.1 Å². The lowest BCUT2D eigenvalue weighted by molar-refractivity contribution is -0.116. The minimum absolute atomic E-state index is 0.0839.